The van der Waals surface area contributed by atoms with E-state index in [-0.39, 0.29) is 30.3 Å². The summed E-state index contributed by atoms with van der Waals surface area (Å²) >= 11 is 0. The van der Waals surface area contributed by atoms with Gasteiger partial charge in [-0.3, -0.25) is 4.79 Å². The molecule has 6 unspecified atom stereocenters. The zero-order valence-electron chi connectivity index (χ0n) is 15.8. The van der Waals surface area contributed by atoms with E-state index in [4.69, 9.17) is 14.2 Å². The van der Waals surface area contributed by atoms with Gasteiger partial charge in [-0.1, -0.05) is 19.4 Å². The van der Waals surface area contributed by atoms with Gasteiger partial charge in [0.25, 0.3) is 0 Å². The van der Waals surface area contributed by atoms with Gasteiger partial charge in [-0.2, -0.15) is 8.78 Å². The lowest BCUT2D eigenvalue weighted by Gasteiger charge is -2.29. The van der Waals surface area contributed by atoms with Crippen LogP contribution in [0, 0.1) is 11.8 Å². The number of halogens is 2. The monoisotopic (exact) mass is 388 g/mol. The van der Waals surface area contributed by atoms with Crippen molar-refractivity contribution in [2.75, 3.05) is 6.61 Å². The molecule has 0 aromatic rings. The molecule has 0 radical (unpaired) electrons. The fourth-order valence-electron chi connectivity index (χ4n) is 4.31. The highest BCUT2D eigenvalue weighted by Crippen LogP contribution is 2.45. The van der Waals surface area contributed by atoms with Crippen molar-refractivity contribution in [1.29, 1.82) is 0 Å². The smallest absolute Gasteiger partial charge is 0.309 e. The number of hydrogen-bond acceptors (Lipinski definition) is 5. The molecule has 3 rings (SSSR count). The van der Waals surface area contributed by atoms with Crippen molar-refractivity contribution in [2.24, 2.45) is 11.8 Å². The second-order valence-corrected chi connectivity index (χ2v) is 7.84. The number of unbranched alkanes of at least 4 members (excludes halogenated alkanes) is 1. The fourth-order valence-corrected chi connectivity index (χ4v) is 4.31. The summed E-state index contributed by atoms with van der Waals surface area (Å²) in [5.41, 5.74) is 0. The van der Waals surface area contributed by atoms with Crippen LogP contribution in [0.1, 0.15) is 58.3 Å². The van der Waals surface area contributed by atoms with Crippen LogP contribution >= 0.6 is 0 Å². The quantitative estimate of drug-likeness (QED) is 0.644. The number of aliphatic hydroxyl groups excluding tert-OH is 1. The van der Waals surface area contributed by atoms with Gasteiger partial charge in [0, 0.05) is 31.8 Å². The van der Waals surface area contributed by atoms with Gasteiger partial charge in [-0.05, 0) is 37.7 Å². The molecule has 1 saturated carbocycles. The molecular weight excluding hydrogens is 358 g/mol. The van der Waals surface area contributed by atoms with Crippen molar-refractivity contribution in [3.63, 3.8) is 0 Å². The predicted octanol–water partition coefficient (Wildman–Crippen LogP) is 3.59. The number of hydrogen-bond donors (Lipinski definition) is 1. The van der Waals surface area contributed by atoms with Crippen LogP contribution < -0.4 is 0 Å². The van der Waals surface area contributed by atoms with E-state index in [9.17, 15) is 18.7 Å². The van der Waals surface area contributed by atoms with Crippen LogP contribution in [0.2, 0.25) is 0 Å². The molecule has 0 aromatic carbocycles. The van der Waals surface area contributed by atoms with Crippen LogP contribution in [0.5, 0.6) is 0 Å². The Hall–Kier alpha value is -0.890. The third-order valence-corrected chi connectivity index (χ3v) is 5.81. The summed E-state index contributed by atoms with van der Waals surface area (Å²) in [5.74, 6) is -4.78. The highest BCUT2D eigenvalue weighted by Gasteiger charge is 2.49. The van der Waals surface area contributed by atoms with Gasteiger partial charge in [0.1, 0.15) is 0 Å². The standard InChI is InChI=1S/C20H30F2O5/c1-2-3-9-20(21,22)17(23)8-7-13-14-11-18(24)26-16(14)12-15(13)27-19-6-4-5-10-25-19/h7-8,13-16,18-19,24H,2-6,9-12H2,1H3. The molecule has 0 amide bonds. The SMILES string of the molecule is CCCCC(F)(F)C(=O)C=CC1C(OC2CCCCO2)CC2OC(O)CC21. The lowest BCUT2D eigenvalue weighted by Crippen LogP contribution is -2.31. The largest absolute Gasteiger partial charge is 0.368 e. The maximum Gasteiger partial charge on any atom is 0.309 e. The Morgan fingerprint density at radius 1 is 1.33 bits per heavy atom. The van der Waals surface area contributed by atoms with Crippen LogP contribution in [-0.2, 0) is 19.0 Å². The van der Waals surface area contributed by atoms with Crippen molar-refractivity contribution in [3.8, 4) is 0 Å². The van der Waals surface area contributed by atoms with Crippen molar-refractivity contribution in [3.05, 3.63) is 12.2 Å². The maximum atomic E-state index is 14.0. The lowest BCUT2D eigenvalue weighted by atomic mass is 9.90. The van der Waals surface area contributed by atoms with Gasteiger partial charge < -0.3 is 19.3 Å². The predicted molar refractivity (Wildman–Crippen MR) is 94.2 cm³/mol. The molecular formula is C20H30F2O5. The van der Waals surface area contributed by atoms with E-state index in [2.05, 4.69) is 0 Å². The zero-order valence-corrected chi connectivity index (χ0v) is 15.8. The fraction of sp³-hybridized carbons (Fsp3) is 0.850. The molecule has 3 fully saturated rings. The average Bonchev–Trinajstić information content (AvgIpc) is 3.14. The molecule has 0 spiro atoms. The maximum absolute atomic E-state index is 14.0. The summed E-state index contributed by atoms with van der Waals surface area (Å²) in [6.45, 7) is 2.47. The number of fused-ring (bicyclic) bond motifs is 1. The molecule has 2 heterocycles. The van der Waals surface area contributed by atoms with Crippen molar-refractivity contribution in [1.82, 2.24) is 0 Å². The Bertz CT molecular complexity index is 532. The van der Waals surface area contributed by atoms with Crippen LogP contribution in [-0.4, -0.2) is 48.2 Å². The number of allylic oxidation sites excluding steroid dienone is 1. The highest BCUT2D eigenvalue weighted by atomic mass is 19.3. The van der Waals surface area contributed by atoms with Gasteiger partial charge in [0.05, 0.1) is 12.2 Å². The third-order valence-electron chi connectivity index (χ3n) is 5.81. The molecule has 1 aliphatic carbocycles. The van der Waals surface area contributed by atoms with E-state index < -0.39 is 24.4 Å². The molecule has 2 saturated heterocycles. The number of aliphatic hydroxyl groups is 1. The van der Waals surface area contributed by atoms with Crippen LogP contribution in [0.4, 0.5) is 8.78 Å². The van der Waals surface area contributed by atoms with E-state index in [1.54, 1.807) is 6.08 Å². The summed E-state index contributed by atoms with van der Waals surface area (Å²) in [7, 11) is 0. The second kappa shape index (κ2) is 9.07. The van der Waals surface area contributed by atoms with Gasteiger partial charge in [-0.15, -0.1) is 0 Å². The van der Waals surface area contributed by atoms with E-state index in [0.29, 0.717) is 32.3 Å². The normalized spacial score (nSPS) is 37.0. The van der Waals surface area contributed by atoms with Gasteiger partial charge in [0.15, 0.2) is 12.6 Å². The number of ether oxygens (including phenoxy) is 3. The van der Waals surface area contributed by atoms with Gasteiger partial charge in [0.2, 0.25) is 5.78 Å². The molecule has 6 atom stereocenters. The summed E-state index contributed by atoms with van der Waals surface area (Å²) in [6.07, 6.45) is 5.29. The molecule has 3 aliphatic rings. The average molecular weight is 388 g/mol. The Labute approximate surface area is 159 Å². The Kier molecular flexibility index (Phi) is 7.00. The van der Waals surface area contributed by atoms with Crippen LogP contribution in [0.15, 0.2) is 12.2 Å². The topological polar surface area (TPSA) is 65.0 Å². The Morgan fingerprint density at radius 2 is 2.15 bits per heavy atom. The second-order valence-electron chi connectivity index (χ2n) is 7.84. The van der Waals surface area contributed by atoms with E-state index in [1.165, 1.54) is 0 Å². The molecule has 2 aliphatic heterocycles. The van der Waals surface area contributed by atoms with Crippen molar-refractivity contribution >= 4 is 5.78 Å². The molecule has 27 heavy (non-hydrogen) atoms. The first-order chi connectivity index (χ1) is 12.9. The molecule has 7 heteroatoms. The zero-order chi connectivity index (χ0) is 19.4. The van der Waals surface area contributed by atoms with Crippen molar-refractivity contribution < 1.29 is 32.9 Å². The first-order valence-corrected chi connectivity index (χ1v) is 10.1. The molecule has 154 valence electrons. The lowest BCUT2D eigenvalue weighted by molar-refractivity contribution is -0.196. The minimum absolute atomic E-state index is 0.0399. The Morgan fingerprint density at radius 3 is 2.85 bits per heavy atom. The summed E-state index contributed by atoms with van der Waals surface area (Å²) in [6, 6.07) is 0. The van der Waals surface area contributed by atoms with Crippen LogP contribution in [0.3, 0.4) is 0 Å². The number of carbonyl (C=O) groups is 1. The third kappa shape index (κ3) is 5.13. The molecule has 1 N–H and O–H groups in total. The summed E-state index contributed by atoms with van der Waals surface area (Å²) in [5, 5.41) is 9.77. The number of carbonyl (C=O) groups excluding carboxylic acids is 1. The molecule has 0 aromatic heterocycles. The first kappa shape index (κ1) is 20.8. The number of alkyl halides is 2. The highest BCUT2D eigenvalue weighted by molar-refractivity contribution is 5.95. The van der Waals surface area contributed by atoms with Crippen molar-refractivity contribution in [2.45, 2.75) is 89.0 Å². The molecule has 5 nitrogen and oxygen atoms in total. The van der Waals surface area contributed by atoms with E-state index >= 15 is 0 Å². The minimum atomic E-state index is -3.33. The number of rotatable bonds is 8. The first-order valence-electron chi connectivity index (χ1n) is 10.1. The van der Waals surface area contributed by atoms with Crippen LogP contribution in [0.25, 0.3) is 0 Å². The van der Waals surface area contributed by atoms with E-state index in [0.717, 1.165) is 25.3 Å². The Balaban J connectivity index is 1.67. The summed E-state index contributed by atoms with van der Waals surface area (Å²) < 4.78 is 45.2. The molecule has 0 bridgehead atoms. The van der Waals surface area contributed by atoms with Gasteiger partial charge >= 0.3 is 5.92 Å². The summed E-state index contributed by atoms with van der Waals surface area (Å²) in [4.78, 5) is 12.0. The van der Waals surface area contributed by atoms with Gasteiger partial charge in [-0.25, -0.2) is 0 Å². The minimum Gasteiger partial charge on any atom is -0.368 e. The number of ketones is 1. The van der Waals surface area contributed by atoms with E-state index in [1.807, 2.05) is 6.92 Å².